The van der Waals surface area contributed by atoms with E-state index >= 15 is 0 Å². The van der Waals surface area contributed by atoms with E-state index in [1.807, 2.05) is 0 Å². The average molecular weight is 448 g/mol. The minimum Gasteiger partial charge on any atom is -0.493 e. The van der Waals surface area contributed by atoms with Gasteiger partial charge < -0.3 is 14.6 Å². The summed E-state index contributed by atoms with van der Waals surface area (Å²) in [5.41, 5.74) is 4.72. The topological polar surface area (TPSA) is 56.1 Å². The summed E-state index contributed by atoms with van der Waals surface area (Å²) < 4.78 is 8.43. The van der Waals surface area contributed by atoms with Gasteiger partial charge in [-0.3, -0.25) is 4.79 Å². The number of nitrogens with zero attached hydrogens (tertiary/aromatic N) is 2. The van der Waals surface area contributed by atoms with E-state index in [1.165, 1.54) is 22.5 Å². The number of ether oxygens (including phenoxy) is 1. The monoisotopic (exact) mass is 447 g/mol. The van der Waals surface area contributed by atoms with E-state index in [0.717, 1.165) is 82.3 Å². The first kappa shape index (κ1) is 23.3. The van der Waals surface area contributed by atoms with Crippen LogP contribution >= 0.6 is 0 Å². The van der Waals surface area contributed by atoms with Crippen LogP contribution in [0.4, 0.5) is 0 Å². The summed E-state index contributed by atoms with van der Waals surface area (Å²) in [6, 6.07) is 14.8. The normalized spacial score (nSPS) is 13.4. The number of carbonyl (C=O) groups is 1. The molecule has 1 amide bonds. The number of benzene rings is 2. The zero-order valence-electron chi connectivity index (χ0n) is 20.1. The number of amides is 1. The molecule has 1 saturated carbocycles. The van der Waals surface area contributed by atoms with Crippen molar-refractivity contribution in [1.29, 1.82) is 0 Å². The number of hydrogen-bond donors (Lipinski definition) is 1. The van der Waals surface area contributed by atoms with Crippen LogP contribution in [0.2, 0.25) is 0 Å². The van der Waals surface area contributed by atoms with Crippen LogP contribution in [0.5, 0.6) is 5.75 Å². The highest BCUT2D eigenvalue weighted by Gasteiger charge is 2.28. The maximum Gasteiger partial charge on any atom is 0.223 e. The Morgan fingerprint density at radius 3 is 2.76 bits per heavy atom. The number of imidazole rings is 1. The van der Waals surface area contributed by atoms with Crippen LogP contribution in [0.1, 0.15) is 61.9 Å². The Morgan fingerprint density at radius 1 is 1.06 bits per heavy atom. The van der Waals surface area contributed by atoms with E-state index in [2.05, 4.69) is 66.2 Å². The van der Waals surface area contributed by atoms with Gasteiger partial charge in [0.1, 0.15) is 11.6 Å². The van der Waals surface area contributed by atoms with Gasteiger partial charge in [-0.1, -0.05) is 30.7 Å². The second kappa shape index (κ2) is 11.4. The fourth-order valence-corrected chi connectivity index (χ4v) is 4.27. The summed E-state index contributed by atoms with van der Waals surface area (Å²) >= 11 is 0. The number of carbonyl (C=O) groups excluding carboxylic acids is 1. The number of rotatable bonds is 13. The van der Waals surface area contributed by atoms with Gasteiger partial charge in [0.15, 0.2) is 0 Å². The van der Waals surface area contributed by atoms with Gasteiger partial charge in [-0.15, -0.1) is 0 Å². The maximum atomic E-state index is 11.7. The first-order valence-electron chi connectivity index (χ1n) is 12.5. The first-order chi connectivity index (χ1) is 16.1. The molecule has 1 heterocycles. The molecule has 3 aromatic rings. The minimum absolute atomic E-state index is 0.248. The fraction of sp³-hybridized carbons (Fsp3) is 0.500. The molecule has 0 saturated heterocycles. The van der Waals surface area contributed by atoms with Crippen molar-refractivity contribution in [3.8, 4) is 5.75 Å². The lowest BCUT2D eigenvalue weighted by molar-refractivity contribution is -0.122. The third-order valence-corrected chi connectivity index (χ3v) is 6.44. The molecule has 5 heteroatoms. The van der Waals surface area contributed by atoms with Crippen molar-refractivity contribution in [3.05, 3.63) is 59.4 Å². The molecule has 1 aliphatic rings. The van der Waals surface area contributed by atoms with Gasteiger partial charge in [-0.2, -0.15) is 0 Å². The van der Waals surface area contributed by atoms with Crippen molar-refractivity contribution < 1.29 is 9.53 Å². The van der Waals surface area contributed by atoms with E-state index < -0.39 is 0 Å². The molecule has 0 bridgehead atoms. The molecule has 0 unspecified atom stereocenters. The lowest BCUT2D eigenvalue weighted by Crippen LogP contribution is -2.25. The summed E-state index contributed by atoms with van der Waals surface area (Å²) in [7, 11) is 0. The summed E-state index contributed by atoms with van der Waals surface area (Å²) in [5, 5.41) is 3.06. The zero-order chi connectivity index (χ0) is 23.0. The Balaban J connectivity index is 1.24. The largest absolute Gasteiger partial charge is 0.493 e. The number of aryl methyl sites for hydroxylation is 4. The van der Waals surface area contributed by atoms with Crippen LogP contribution in [0.25, 0.3) is 11.0 Å². The van der Waals surface area contributed by atoms with E-state index in [-0.39, 0.29) is 5.91 Å². The van der Waals surface area contributed by atoms with Crippen LogP contribution in [0, 0.1) is 19.8 Å². The van der Waals surface area contributed by atoms with Gasteiger partial charge in [0, 0.05) is 25.4 Å². The maximum absolute atomic E-state index is 11.7. The molecule has 1 aliphatic carbocycles. The smallest absolute Gasteiger partial charge is 0.223 e. The Hall–Kier alpha value is -2.82. The van der Waals surface area contributed by atoms with Gasteiger partial charge in [-0.25, -0.2) is 4.98 Å². The molecule has 0 aliphatic heterocycles. The third kappa shape index (κ3) is 6.59. The van der Waals surface area contributed by atoms with E-state index in [1.54, 1.807) is 0 Å². The number of unbranched alkanes of at least 4 members (excludes halogenated alkanes) is 3. The van der Waals surface area contributed by atoms with Crippen LogP contribution < -0.4 is 10.1 Å². The number of nitrogens with one attached hydrogen (secondary N) is 1. The van der Waals surface area contributed by atoms with Crippen molar-refractivity contribution in [2.75, 3.05) is 13.2 Å². The fourth-order valence-electron chi connectivity index (χ4n) is 4.27. The van der Waals surface area contributed by atoms with Crippen LogP contribution in [-0.2, 0) is 17.8 Å². The summed E-state index contributed by atoms with van der Waals surface area (Å²) in [6.45, 7) is 6.69. The van der Waals surface area contributed by atoms with Gasteiger partial charge in [0.05, 0.1) is 17.6 Å². The molecule has 176 valence electrons. The van der Waals surface area contributed by atoms with E-state index in [0.29, 0.717) is 5.92 Å². The molecule has 0 spiro atoms. The van der Waals surface area contributed by atoms with Crippen molar-refractivity contribution in [3.63, 3.8) is 0 Å². The highest BCUT2D eigenvalue weighted by molar-refractivity contribution is 5.80. The van der Waals surface area contributed by atoms with Gasteiger partial charge in [0.25, 0.3) is 0 Å². The van der Waals surface area contributed by atoms with Crippen molar-refractivity contribution >= 4 is 16.9 Å². The Morgan fingerprint density at radius 2 is 1.91 bits per heavy atom. The standard InChI is InChI=1S/C28H37N3O2/c1-21-13-14-22(2)26(20-21)33-19-9-8-18-31-25-11-6-5-10-24(25)30-27(31)12-4-3-7-17-29-28(32)23-15-16-23/h5-6,10-11,13-14,20,23H,3-4,7-9,12,15-19H2,1-2H3,(H,29,32). The van der Waals surface area contributed by atoms with E-state index in [9.17, 15) is 4.79 Å². The highest BCUT2D eigenvalue weighted by atomic mass is 16.5. The predicted octanol–water partition coefficient (Wildman–Crippen LogP) is 5.75. The number of hydrogen-bond acceptors (Lipinski definition) is 3. The number of fused-ring (bicyclic) bond motifs is 1. The average Bonchev–Trinajstić information content (AvgIpc) is 3.61. The second-order valence-corrected chi connectivity index (χ2v) is 9.37. The van der Waals surface area contributed by atoms with E-state index in [4.69, 9.17) is 9.72 Å². The molecule has 1 aromatic heterocycles. The second-order valence-electron chi connectivity index (χ2n) is 9.37. The Kier molecular flexibility index (Phi) is 8.03. The summed E-state index contributed by atoms with van der Waals surface area (Å²) in [5.74, 6) is 2.72. The van der Waals surface area contributed by atoms with Gasteiger partial charge in [-0.05, 0) is 81.7 Å². The van der Waals surface area contributed by atoms with Crippen molar-refractivity contribution in [1.82, 2.24) is 14.9 Å². The van der Waals surface area contributed by atoms with Crippen LogP contribution in [-0.4, -0.2) is 28.6 Å². The Labute approximate surface area is 197 Å². The SMILES string of the molecule is Cc1ccc(C)c(OCCCCn2c(CCCCCNC(=O)C3CC3)nc3ccccc32)c1. The molecule has 4 rings (SSSR count). The summed E-state index contributed by atoms with van der Waals surface area (Å²) in [4.78, 5) is 16.6. The minimum atomic E-state index is 0.248. The first-order valence-corrected chi connectivity index (χ1v) is 12.5. The van der Waals surface area contributed by atoms with Crippen LogP contribution in [0.15, 0.2) is 42.5 Å². The lowest BCUT2D eigenvalue weighted by Gasteiger charge is -2.12. The molecule has 5 nitrogen and oxygen atoms in total. The molecule has 33 heavy (non-hydrogen) atoms. The predicted molar refractivity (Wildman–Crippen MR) is 134 cm³/mol. The summed E-state index contributed by atoms with van der Waals surface area (Å²) in [6.07, 6.45) is 8.43. The molecule has 0 atom stereocenters. The molecule has 2 aromatic carbocycles. The molecular formula is C28H37N3O2. The molecule has 0 radical (unpaired) electrons. The lowest BCUT2D eigenvalue weighted by atomic mass is 10.1. The molecule has 1 fully saturated rings. The highest BCUT2D eigenvalue weighted by Crippen LogP contribution is 2.28. The van der Waals surface area contributed by atoms with Gasteiger partial charge in [0.2, 0.25) is 5.91 Å². The quantitative estimate of drug-likeness (QED) is 0.339. The Bertz CT molecular complexity index is 1070. The zero-order valence-corrected chi connectivity index (χ0v) is 20.1. The van der Waals surface area contributed by atoms with Crippen LogP contribution in [0.3, 0.4) is 0 Å². The van der Waals surface area contributed by atoms with Gasteiger partial charge >= 0.3 is 0 Å². The third-order valence-electron chi connectivity index (χ3n) is 6.44. The number of aromatic nitrogens is 2. The van der Waals surface area contributed by atoms with Crippen molar-refractivity contribution in [2.45, 2.75) is 71.8 Å². The number of para-hydroxylation sites is 2. The molecule has 1 N–H and O–H groups in total. The van der Waals surface area contributed by atoms with Crippen molar-refractivity contribution in [2.24, 2.45) is 5.92 Å². The molecular weight excluding hydrogens is 410 g/mol.